The summed E-state index contributed by atoms with van der Waals surface area (Å²) in [7, 11) is 1.78. The zero-order valence-electron chi connectivity index (χ0n) is 16.0. The first-order valence-electron chi connectivity index (χ1n) is 9.52. The van der Waals surface area contributed by atoms with E-state index in [4.69, 9.17) is 4.74 Å². The van der Waals surface area contributed by atoms with Crippen molar-refractivity contribution in [2.75, 3.05) is 33.2 Å². The quantitative estimate of drug-likeness (QED) is 0.866. The molecule has 1 atom stereocenters. The van der Waals surface area contributed by atoms with Gasteiger partial charge in [-0.25, -0.2) is 0 Å². The predicted molar refractivity (Wildman–Crippen MR) is 100 cm³/mol. The van der Waals surface area contributed by atoms with Crippen LogP contribution in [-0.2, 0) is 9.59 Å². The van der Waals surface area contributed by atoms with Crippen molar-refractivity contribution in [2.24, 2.45) is 0 Å². The van der Waals surface area contributed by atoms with Crippen molar-refractivity contribution in [1.29, 1.82) is 0 Å². The van der Waals surface area contributed by atoms with Gasteiger partial charge in [0.15, 0.2) is 0 Å². The number of ether oxygens (including phenoxy) is 1. The summed E-state index contributed by atoms with van der Waals surface area (Å²) in [5, 5.41) is 2.83. The van der Waals surface area contributed by atoms with Gasteiger partial charge in [-0.2, -0.15) is 0 Å². The lowest BCUT2D eigenvalue weighted by molar-refractivity contribution is -0.129. The number of rotatable bonds is 4. The van der Waals surface area contributed by atoms with E-state index < -0.39 is 5.60 Å². The Kier molecular flexibility index (Phi) is 5.68. The molecule has 1 spiro atoms. The van der Waals surface area contributed by atoms with Gasteiger partial charge in [0.2, 0.25) is 11.8 Å². The van der Waals surface area contributed by atoms with Crippen LogP contribution in [0.4, 0.5) is 0 Å². The Morgan fingerprint density at radius 3 is 2.81 bits per heavy atom. The van der Waals surface area contributed by atoms with E-state index in [0.717, 1.165) is 6.42 Å². The predicted octanol–water partition coefficient (Wildman–Crippen LogP) is 1.43. The summed E-state index contributed by atoms with van der Waals surface area (Å²) < 4.78 is 6.35. The van der Waals surface area contributed by atoms with Crippen molar-refractivity contribution >= 4 is 17.7 Å². The molecule has 146 valence electrons. The number of nitrogens with zero attached hydrogens (tertiary/aromatic N) is 2. The van der Waals surface area contributed by atoms with Gasteiger partial charge in [0.1, 0.15) is 11.4 Å². The third-order valence-electron chi connectivity index (χ3n) is 5.24. The van der Waals surface area contributed by atoms with E-state index in [-0.39, 0.29) is 24.3 Å². The third kappa shape index (κ3) is 4.23. The van der Waals surface area contributed by atoms with Crippen LogP contribution in [0.2, 0.25) is 0 Å². The van der Waals surface area contributed by atoms with Crippen LogP contribution < -0.4 is 10.1 Å². The van der Waals surface area contributed by atoms with E-state index >= 15 is 0 Å². The first kappa shape index (κ1) is 19.2. The Labute approximate surface area is 159 Å². The van der Waals surface area contributed by atoms with Gasteiger partial charge < -0.3 is 19.9 Å². The Hall–Kier alpha value is -2.57. The van der Waals surface area contributed by atoms with Gasteiger partial charge >= 0.3 is 0 Å². The first-order chi connectivity index (χ1) is 12.9. The molecule has 0 saturated carbocycles. The molecular weight excluding hydrogens is 346 g/mol. The number of fused-ring (bicyclic) bond motifs is 1. The second kappa shape index (κ2) is 7.98. The Balaban J connectivity index is 1.91. The SMILES string of the molecule is CCCNC(=O)CN1CC2(CCC(=O)N(C)CC2)Oc2ccccc2C1=O. The van der Waals surface area contributed by atoms with Crippen LogP contribution in [0.25, 0.3) is 0 Å². The number of hydrogen-bond donors (Lipinski definition) is 1. The van der Waals surface area contributed by atoms with Crippen LogP contribution in [0.1, 0.15) is 43.0 Å². The normalized spacial score (nSPS) is 22.7. The third-order valence-corrected chi connectivity index (χ3v) is 5.24. The van der Waals surface area contributed by atoms with Crippen LogP contribution in [-0.4, -0.2) is 66.3 Å². The molecule has 7 nitrogen and oxygen atoms in total. The number of hydrogen-bond acceptors (Lipinski definition) is 4. The maximum Gasteiger partial charge on any atom is 0.258 e. The lowest BCUT2D eigenvalue weighted by Gasteiger charge is -2.35. The molecule has 0 aliphatic carbocycles. The molecule has 3 rings (SSSR count). The summed E-state index contributed by atoms with van der Waals surface area (Å²) in [6, 6.07) is 7.13. The summed E-state index contributed by atoms with van der Waals surface area (Å²) in [6.45, 7) is 3.40. The van der Waals surface area contributed by atoms with Gasteiger partial charge in [-0.05, 0) is 25.0 Å². The molecular formula is C20H27N3O4. The largest absolute Gasteiger partial charge is 0.485 e. The van der Waals surface area contributed by atoms with Crippen molar-refractivity contribution in [3.8, 4) is 5.75 Å². The number of likely N-dealkylation sites (tertiary alicyclic amines) is 1. The van der Waals surface area contributed by atoms with Gasteiger partial charge in [-0.3, -0.25) is 14.4 Å². The van der Waals surface area contributed by atoms with Crippen molar-refractivity contribution in [3.63, 3.8) is 0 Å². The van der Waals surface area contributed by atoms with Crippen molar-refractivity contribution in [3.05, 3.63) is 29.8 Å². The molecule has 7 heteroatoms. The first-order valence-corrected chi connectivity index (χ1v) is 9.52. The molecule has 1 fully saturated rings. The highest BCUT2D eigenvalue weighted by atomic mass is 16.5. The minimum atomic E-state index is -0.673. The Morgan fingerprint density at radius 2 is 2.04 bits per heavy atom. The second-order valence-corrected chi connectivity index (χ2v) is 7.36. The van der Waals surface area contributed by atoms with E-state index in [1.54, 1.807) is 35.0 Å². The average molecular weight is 373 g/mol. The lowest BCUT2D eigenvalue weighted by atomic mass is 9.93. The standard InChI is InChI=1S/C20H27N3O4/c1-3-11-21-17(24)13-23-14-20(9-8-18(25)22(2)12-10-20)27-16-7-5-4-6-15(16)19(23)26/h4-7H,3,8-14H2,1-2H3,(H,21,24). The summed E-state index contributed by atoms with van der Waals surface area (Å²) in [5.41, 5.74) is -0.213. The number of benzene rings is 1. The smallest absolute Gasteiger partial charge is 0.258 e. The van der Waals surface area contributed by atoms with Crippen LogP contribution in [0.5, 0.6) is 5.75 Å². The molecule has 27 heavy (non-hydrogen) atoms. The van der Waals surface area contributed by atoms with Gasteiger partial charge in [0.25, 0.3) is 5.91 Å². The van der Waals surface area contributed by atoms with E-state index in [1.165, 1.54) is 0 Å². The average Bonchev–Trinajstić information content (AvgIpc) is 2.87. The number of para-hydroxylation sites is 1. The molecule has 1 unspecified atom stereocenters. The molecule has 1 aromatic carbocycles. The molecule has 2 aliphatic heterocycles. The van der Waals surface area contributed by atoms with E-state index in [1.807, 2.05) is 13.0 Å². The van der Waals surface area contributed by atoms with Crippen molar-refractivity contribution < 1.29 is 19.1 Å². The summed E-state index contributed by atoms with van der Waals surface area (Å²) in [4.78, 5) is 40.8. The van der Waals surface area contributed by atoms with Crippen LogP contribution in [0.15, 0.2) is 24.3 Å². The van der Waals surface area contributed by atoms with Crippen LogP contribution >= 0.6 is 0 Å². The van der Waals surface area contributed by atoms with E-state index in [0.29, 0.717) is 50.2 Å². The van der Waals surface area contributed by atoms with Crippen molar-refractivity contribution in [1.82, 2.24) is 15.1 Å². The highest BCUT2D eigenvalue weighted by Crippen LogP contribution is 2.35. The zero-order valence-corrected chi connectivity index (χ0v) is 16.0. The van der Waals surface area contributed by atoms with E-state index in [2.05, 4.69) is 5.32 Å². The zero-order chi connectivity index (χ0) is 19.4. The number of carbonyl (C=O) groups excluding carboxylic acids is 3. The minimum absolute atomic E-state index is 0.0118. The lowest BCUT2D eigenvalue weighted by Crippen LogP contribution is -2.50. The number of amides is 3. The Bertz CT molecular complexity index is 736. The molecule has 1 aromatic rings. The van der Waals surface area contributed by atoms with Gasteiger partial charge in [0.05, 0.1) is 18.7 Å². The Morgan fingerprint density at radius 1 is 1.26 bits per heavy atom. The van der Waals surface area contributed by atoms with Gasteiger partial charge in [0, 0.05) is 33.0 Å². The number of carbonyl (C=O) groups is 3. The van der Waals surface area contributed by atoms with Crippen LogP contribution in [0.3, 0.4) is 0 Å². The maximum atomic E-state index is 13.1. The number of nitrogens with one attached hydrogen (secondary N) is 1. The van der Waals surface area contributed by atoms with Gasteiger partial charge in [-0.1, -0.05) is 19.1 Å². The molecule has 0 radical (unpaired) electrons. The topological polar surface area (TPSA) is 79.0 Å². The highest BCUT2D eigenvalue weighted by molar-refractivity contribution is 5.99. The molecule has 1 saturated heterocycles. The molecule has 2 aliphatic rings. The molecule has 1 N–H and O–H groups in total. The van der Waals surface area contributed by atoms with Crippen LogP contribution in [0, 0.1) is 0 Å². The fourth-order valence-corrected chi connectivity index (χ4v) is 3.62. The molecule has 2 heterocycles. The van der Waals surface area contributed by atoms with Gasteiger partial charge in [-0.15, -0.1) is 0 Å². The van der Waals surface area contributed by atoms with E-state index in [9.17, 15) is 14.4 Å². The summed E-state index contributed by atoms with van der Waals surface area (Å²) in [6.07, 6.45) is 2.33. The molecule has 0 bridgehead atoms. The molecule has 0 aromatic heterocycles. The molecule has 3 amide bonds. The highest BCUT2D eigenvalue weighted by Gasteiger charge is 2.43. The monoisotopic (exact) mass is 373 g/mol. The summed E-state index contributed by atoms with van der Waals surface area (Å²) in [5.74, 6) is 0.210. The second-order valence-electron chi connectivity index (χ2n) is 7.36. The summed E-state index contributed by atoms with van der Waals surface area (Å²) >= 11 is 0. The minimum Gasteiger partial charge on any atom is -0.485 e. The maximum absolute atomic E-state index is 13.1. The fraction of sp³-hybridized carbons (Fsp3) is 0.550. The fourth-order valence-electron chi connectivity index (χ4n) is 3.62. The van der Waals surface area contributed by atoms with Crippen molar-refractivity contribution in [2.45, 2.75) is 38.2 Å².